The number of aryl methyl sites for hydroxylation is 2. The van der Waals surface area contributed by atoms with E-state index in [9.17, 15) is 10.1 Å². The predicted octanol–water partition coefficient (Wildman–Crippen LogP) is 2.81. The molecule has 0 saturated carbocycles. The van der Waals surface area contributed by atoms with Crippen molar-refractivity contribution < 1.29 is 4.92 Å². The molecule has 19 heavy (non-hydrogen) atoms. The maximum absolute atomic E-state index is 10.7. The minimum atomic E-state index is -0.398. The van der Waals surface area contributed by atoms with E-state index in [1.807, 2.05) is 33.2 Å². The highest BCUT2D eigenvalue weighted by molar-refractivity contribution is 5.52. The zero-order valence-electron chi connectivity index (χ0n) is 11.1. The molecule has 1 N–H and O–H groups in total. The van der Waals surface area contributed by atoms with Crippen LogP contribution < -0.4 is 5.32 Å². The van der Waals surface area contributed by atoms with Gasteiger partial charge in [0.15, 0.2) is 0 Å². The number of nitro benzene ring substituents is 1. The van der Waals surface area contributed by atoms with Crippen LogP contribution in [-0.4, -0.2) is 14.7 Å². The van der Waals surface area contributed by atoms with Crippen molar-refractivity contribution >= 4 is 11.4 Å². The van der Waals surface area contributed by atoms with Gasteiger partial charge in [0, 0.05) is 36.6 Å². The summed E-state index contributed by atoms with van der Waals surface area (Å²) in [5.41, 5.74) is 2.84. The zero-order chi connectivity index (χ0) is 14.0. The van der Waals surface area contributed by atoms with E-state index in [1.54, 1.807) is 10.7 Å². The summed E-state index contributed by atoms with van der Waals surface area (Å²) in [5.74, 6) is 0. The van der Waals surface area contributed by atoms with Gasteiger partial charge in [-0.15, -0.1) is 0 Å². The van der Waals surface area contributed by atoms with Gasteiger partial charge in [-0.05, 0) is 19.9 Å². The SMILES string of the molecule is Cc1nn(C)cc1C(C)Nc1cccc([N+](=O)[O-])c1. The number of anilines is 1. The predicted molar refractivity (Wildman–Crippen MR) is 73.1 cm³/mol. The van der Waals surface area contributed by atoms with Crippen molar-refractivity contribution in [1.82, 2.24) is 9.78 Å². The average Bonchev–Trinajstić information content (AvgIpc) is 2.69. The molecule has 6 nitrogen and oxygen atoms in total. The van der Waals surface area contributed by atoms with Crippen molar-refractivity contribution in [3.8, 4) is 0 Å². The average molecular weight is 260 g/mol. The third kappa shape index (κ3) is 2.90. The Kier molecular flexibility index (Phi) is 3.50. The van der Waals surface area contributed by atoms with Gasteiger partial charge in [0.1, 0.15) is 0 Å². The van der Waals surface area contributed by atoms with E-state index >= 15 is 0 Å². The van der Waals surface area contributed by atoms with Gasteiger partial charge in [-0.1, -0.05) is 6.07 Å². The van der Waals surface area contributed by atoms with Gasteiger partial charge in [-0.2, -0.15) is 5.10 Å². The van der Waals surface area contributed by atoms with Crippen molar-refractivity contribution in [3.05, 3.63) is 51.8 Å². The first kappa shape index (κ1) is 13.1. The summed E-state index contributed by atoms with van der Waals surface area (Å²) in [4.78, 5) is 10.3. The van der Waals surface area contributed by atoms with E-state index < -0.39 is 4.92 Å². The molecule has 0 bridgehead atoms. The number of aromatic nitrogens is 2. The van der Waals surface area contributed by atoms with Crippen LogP contribution in [0.25, 0.3) is 0 Å². The highest BCUT2D eigenvalue weighted by atomic mass is 16.6. The van der Waals surface area contributed by atoms with Crippen LogP contribution in [0.4, 0.5) is 11.4 Å². The van der Waals surface area contributed by atoms with Crippen molar-refractivity contribution in [3.63, 3.8) is 0 Å². The maximum Gasteiger partial charge on any atom is 0.271 e. The highest BCUT2D eigenvalue weighted by Crippen LogP contribution is 2.23. The Bertz CT molecular complexity index is 606. The Labute approximate surface area is 111 Å². The molecule has 0 aliphatic rings. The first-order chi connectivity index (χ1) is 8.97. The van der Waals surface area contributed by atoms with Crippen molar-refractivity contribution in [2.75, 3.05) is 5.32 Å². The number of nitrogens with zero attached hydrogens (tertiary/aromatic N) is 3. The number of benzene rings is 1. The molecule has 0 aliphatic carbocycles. The molecule has 1 unspecified atom stereocenters. The molecule has 0 aliphatic heterocycles. The van der Waals surface area contributed by atoms with Gasteiger partial charge >= 0.3 is 0 Å². The van der Waals surface area contributed by atoms with Crippen LogP contribution in [0.5, 0.6) is 0 Å². The summed E-state index contributed by atoms with van der Waals surface area (Å²) in [7, 11) is 1.87. The number of hydrogen-bond donors (Lipinski definition) is 1. The van der Waals surface area contributed by atoms with E-state index in [4.69, 9.17) is 0 Å². The summed E-state index contributed by atoms with van der Waals surface area (Å²) in [6.07, 6.45) is 1.95. The van der Waals surface area contributed by atoms with Gasteiger partial charge in [0.25, 0.3) is 5.69 Å². The van der Waals surface area contributed by atoms with E-state index in [0.29, 0.717) is 0 Å². The molecule has 1 aromatic carbocycles. The minimum absolute atomic E-state index is 0.0377. The van der Waals surface area contributed by atoms with E-state index in [1.165, 1.54) is 12.1 Å². The first-order valence-corrected chi connectivity index (χ1v) is 5.98. The molecule has 2 rings (SSSR count). The molecule has 1 heterocycles. The van der Waals surface area contributed by atoms with Gasteiger partial charge in [0.2, 0.25) is 0 Å². The van der Waals surface area contributed by atoms with E-state index in [2.05, 4.69) is 10.4 Å². The normalized spacial score (nSPS) is 12.2. The topological polar surface area (TPSA) is 73.0 Å². The number of non-ortho nitro benzene ring substituents is 1. The van der Waals surface area contributed by atoms with Crippen LogP contribution in [0.3, 0.4) is 0 Å². The molecule has 1 aromatic heterocycles. The maximum atomic E-state index is 10.7. The Hall–Kier alpha value is -2.37. The Morgan fingerprint density at radius 1 is 1.47 bits per heavy atom. The van der Waals surface area contributed by atoms with E-state index in [-0.39, 0.29) is 11.7 Å². The molecule has 100 valence electrons. The molecular formula is C13H16N4O2. The molecular weight excluding hydrogens is 244 g/mol. The number of nitrogens with one attached hydrogen (secondary N) is 1. The van der Waals surface area contributed by atoms with Gasteiger partial charge in [0.05, 0.1) is 16.7 Å². The molecule has 0 fully saturated rings. The lowest BCUT2D eigenvalue weighted by molar-refractivity contribution is -0.384. The number of rotatable bonds is 4. The fourth-order valence-electron chi connectivity index (χ4n) is 2.08. The fourth-order valence-corrected chi connectivity index (χ4v) is 2.08. The lowest BCUT2D eigenvalue weighted by atomic mass is 10.1. The van der Waals surface area contributed by atoms with E-state index in [0.717, 1.165) is 16.9 Å². The fraction of sp³-hybridized carbons (Fsp3) is 0.308. The number of nitro groups is 1. The monoisotopic (exact) mass is 260 g/mol. The third-order valence-corrected chi connectivity index (χ3v) is 2.96. The van der Waals surface area contributed by atoms with Crippen LogP contribution in [0, 0.1) is 17.0 Å². The lowest BCUT2D eigenvalue weighted by Crippen LogP contribution is -2.07. The quantitative estimate of drug-likeness (QED) is 0.677. The molecule has 0 amide bonds. The van der Waals surface area contributed by atoms with Crippen LogP contribution in [0.1, 0.15) is 24.2 Å². The Morgan fingerprint density at radius 3 is 2.79 bits per heavy atom. The molecule has 6 heteroatoms. The number of hydrogen-bond acceptors (Lipinski definition) is 4. The second-order valence-electron chi connectivity index (χ2n) is 4.52. The molecule has 1 atom stereocenters. The highest BCUT2D eigenvalue weighted by Gasteiger charge is 2.13. The van der Waals surface area contributed by atoms with Gasteiger partial charge in [-0.3, -0.25) is 14.8 Å². The summed E-state index contributed by atoms with van der Waals surface area (Å²) in [6.45, 7) is 3.95. The molecule has 0 radical (unpaired) electrons. The van der Waals surface area contributed by atoms with Crippen LogP contribution >= 0.6 is 0 Å². The second-order valence-corrected chi connectivity index (χ2v) is 4.52. The summed E-state index contributed by atoms with van der Waals surface area (Å²) in [5, 5.41) is 18.3. The van der Waals surface area contributed by atoms with Gasteiger partial charge in [-0.25, -0.2) is 0 Å². The zero-order valence-corrected chi connectivity index (χ0v) is 11.1. The van der Waals surface area contributed by atoms with Gasteiger partial charge < -0.3 is 5.32 Å². The summed E-state index contributed by atoms with van der Waals surface area (Å²) < 4.78 is 1.76. The third-order valence-electron chi connectivity index (χ3n) is 2.96. The largest absolute Gasteiger partial charge is 0.378 e. The Balaban J connectivity index is 2.19. The smallest absolute Gasteiger partial charge is 0.271 e. The van der Waals surface area contributed by atoms with Crippen molar-refractivity contribution in [2.45, 2.75) is 19.9 Å². The summed E-state index contributed by atoms with van der Waals surface area (Å²) in [6, 6.07) is 6.53. The first-order valence-electron chi connectivity index (χ1n) is 5.98. The van der Waals surface area contributed by atoms with Crippen molar-refractivity contribution in [2.24, 2.45) is 7.05 Å². The lowest BCUT2D eigenvalue weighted by Gasteiger charge is -2.14. The second kappa shape index (κ2) is 5.09. The molecule has 0 saturated heterocycles. The van der Waals surface area contributed by atoms with Crippen LogP contribution in [0.15, 0.2) is 30.5 Å². The van der Waals surface area contributed by atoms with Crippen LogP contribution in [0.2, 0.25) is 0 Å². The summed E-state index contributed by atoms with van der Waals surface area (Å²) >= 11 is 0. The Morgan fingerprint density at radius 2 is 2.21 bits per heavy atom. The molecule has 2 aromatic rings. The van der Waals surface area contributed by atoms with Crippen LogP contribution in [-0.2, 0) is 7.05 Å². The standard InChI is InChI=1S/C13H16N4O2/c1-9(13-8-16(3)15-10(13)2)14-11-5-4-6-12(7-11)17(18)19/h4-9,14H,1-3H3. The van der Waals surface area contributed by atoms with Crippen molar-refractivity contribution in [1.29, 1.82) is 0 Å². The minimum Gasteiger partial charge on any atom is -0.378 e. The molecule has 0 spiro atoms.